The average Bonchev–Trinajstić information content (AvgIpc) is 2.37. The summed E-state index contributed by atoms with van der Waals surface area (Å²) < 4.78 is 37.6. The Morgan fingerprint density at radius 3 is 2.75 bits per heavy atom. The van der Waals surface area contributed by atoms with Gasteiger partial charge in [-0.15, -0.1) is 6.58 Å². The average molecular weight is 306 g/mol. The molecular formula is C12H13F3N2O2S. The number of rotatable bonds is 7. The Bertz CT molecular complexity index is 492. The zero-order chi connectivity index (χ0) is 15.2. The summed E-state index contributed by atoms with van der Waals surface area (Å²) in [6.45, 7) is 3.85. The Labute approximate surface area is 118 Å². The molecule has 1 heterocycles. The van der Waals surface area contributed by atoms with E-state index in [9.17, 15) is 18.0 Å². The number of carboxylic acids is 1. The predicted molar refractivity (Wildman–Crippen MR) is 72.2 cm³/mol. The monoisotopic (exact) mass is 306 g/mol. The van der Waals surface area contributed by atoms with Crippen LogP contribution in [0.4, 0.5) is 19.0 Å². The summed E-state index contributed by atoms with van der Waals surface area (Å²) in [4.78, 5) is 14.3. The first-order valence-corrected chi connectivity index (χ1v) is 6.75. The van der Waals surface area contributed by atoms with Crippen LogP contribution in [-0.4, -0.2) is 34.1 Å². The minimum Gasteiger partial charge on any atom is -0.478 e. The first-order chi connectivity index (χ1) is 9.36. The molecule has 0 bridgehead atoms. The molecule has 8 heteroatoms. The van der Waals surface area contributed by atoms with E-state index in [1.807, 2.05) is 0 Å². The summed E-state index contributed by atoms with van der Waals surface area (Å²) in [6, 6.07) is 1.55. The van der Waals surface area contributed by atoms with Crippen molar-refractivity contribution in [2.75, 3.05) is 23.4 Å². The fraction of sp³-hybridized carbons (Fsp3) is 0.333. The number of pyridine rings is 1. The molecule has 0 radical (unpaired) electrons. The van der Waals surface area contributed by atoms with E-state index in [1.165, 1.54) is 11.8 Å². The maximum absolute atomic E-state index is 12.5. The number of thioether (sulfide) groups is 1. The Kier molecular flexibility index (Phi) is 5.87. The van der Waals surface area contributed by atoms with Gasteiger partial charge in [-0.25, -0.2) is 9.78 Å². The van der Waals surface area contributed by atoms with Crippen molar-refractivity contribution in [1.29, 1.82) is 0 Å². The largest absolute Gasteiger partial charge is 0.478 e. The van der Waals surface area contributed by atoms with Crippen molar-refractivity contribution in [2.45, 2.75) is 6.18 Å². The van der Waals surface area contributed by atoms with Crippen LogP contribution in [0.15, 0.2) is 24.8 Å². The van der Waals surface area contributed by atoms with Gasteiger partial charge in [0.1, 0.15) is 17.1 Å². The Morgan fingerprint density at radius 2 is 2.20 bits per heavy atom. The normalized spacial score (nSPS) is 11.2. The van der Waals surface area contributed by atoms with Crippen molar-refractivity contribution in [3.8, 4) is 0 Å². The highest BCUT2D eigenvalue weighted by atomic mass is 32.2. The molecule has 0 saturated carbocycles. The minimum atomic E-state index is -4.61. The molecule has 0 amide bonds. The number of alkyl halides is 3. The summed E-state index contributed by atoms with van der Waals surface area (Å²) in [6.07, 6.45) is -2.90. The van der Waals surface area contributed by atoms with Crippen molar-refractivity contribution in [2.24, 2.45) is 0 Å². The first-order valence-electron chi connectivity index (χ1n) is 5.60. The number of carboxylic acid groups (broad SMARTS) is 1. The van der Waals surface area contributed by atoms with Gasteiger partial charge in [0.15, 0.2) is 0 Å². The van der Waals surface area contributed by atoms with E-state index < -0.39 is 17.8 Å². The lowest BCUT2D eigenvalue weighted by atomic mass is 10.2. The molecule has 0 aliphatic carbocycles. The van der Waals surface area contributed by atoms with Crippen LogP contribution in [0.1, 0.15) is 16.1 Å². The third-order valence-corrected chi connectivity index (χ3v) is 3.15. The van der Waals surface area contributed by atoms with E-state index in [0.717, 1.165) is 6.07 Å². The van der Waals surface area contributed by atoms with Crippen LogP contribution < -0.4 is 5.32 Å². The number of nitrogens with one attached hydrogen (secondary N) is 1. The quantitative estimate of drug-likeness (QED) is 0.598. The van der Waals surface area contributed by atoms with Gasteiger partial charge in [-0.3, -0.25) is 0 Å². The van der Waals surface area contributed by atoms with E-state index >= 15 is 0 Å². The molecule has 0 aromatic carbocycles. The Balaban J connectivity index is 2.84. The zero-order valence-electron chi connectivity index (χ0n) is 10.4. The number of carbonyl (C=O) groups is 1. The molecule has 110 valence electrons. The van der Waals surface area contributed by atoms with Crippen LogP contribution in [0.5, 0.6) is 0 Å². The molecule has 0 spiro atoms. The van der Waals surface area contributed by atoms with Gasteiger partial charge in [0.05, 0.1) is 0 Å². The Hall–Kier alpha value is -1.70. The molecule has 4 nitrogen and oxygen atoms in total. The zero-order valence-corrected chi connectivity index (χ0v) is 11.2. The highest BCUT2D eigenvalue weighted by molar-refractivity contribution is 7.99. The second-order valence-corrected chi connectivity index (χ2v) is 4.84. The standard InChI is InChI=1S/C12H13F3N2O2S/c1-2-6-20-7-5-16-10-8(11(18)19)3-4-9(17-10)12(13,14)15/h2-4H,1,5-7H2,(H,16,17)(H,18,19). The highest BCUT2D eigenvalue weighted by Crippen LogP contribution is 2.29. The third-order valence-electron chi connectivity index (χ3n) is 2.19. The molecule has 20 heavy (non-hydrogen) atoms. The second kappa shape index (κ2) is 7.18. The van der Waals surface area contributed by atoms with Crippen LogP contribution in [-0.2, 0) is 6.18 Å². The van der Waals surface area contributed by atoms with Gasteiger partial charge >= 0.3 is 12.1 Å². The first kappa shape index (κ1) is 16.4. The fourth-order valence-electron chi connectivity index (χ4n) is 1.33. The van der Waals surface area contributed by atoms with E-state index in [-0.39, 0.29) is 11.4 Å². The van der Waals surface area contributed by atoms with E-state index in [2.05, 4.69) is 16.9 Å². The molecule has 1 aromatic heterocycles. The number of aromatic carboxylic acids is 1. The molecule has 0 saturated heterocycles. The van der Waals surface area contributed by atoms with E-state index in [0.29, 0.717) is 24.1 Å². The lowest BCUT2D eigenvalue weighted by Gasteiger charge is -2.12. The predicted octanol–water partition coefficient (Wildman–Crippen LogP) is 3.13. The lowest BCUT2D eigenvalue weighted by molar-refractivity contribution is -0.141. The molecule has 2 N–H and O–H groups in total. The van der Waals surface area contributed by atoms with Crippen LogP contribution in [0.2, 0.25) is 0 Å². The van der Waals surface area contributed by atoms with E-state index in [1.54, 1.807) is 6.08 Å². The Morgan fingerprint density at radius 1 is 1.50 bits per heavy atom. The van der Waals surface area contributed by atoms with Gasteiger partial charge in [-0.2, -0.15) is 24.9 Å². The van der Waals surface area contributed by atoms with Gasteiger partial charge in [0.25, 0.3) is 0 Å². The van der Waals surface area contributed by atoms with Crippen LogP contribution in [0, 0.1) is 0 Å². The van der Waals surface area contributed by atoms with Crippen molar-refractivity contribution >= 4 is 23.5 Å². The van der Waals surface area contributed by atoms with Crippen LogP contribution >= 0.6 is 11.8 Å². The smallest absolute Gasteiger partial charge is 0.433 e. The maximum atomic E-state index is 12.5. The molecule has 0 atom stereocenters. The molecular weight excluding hydrogens is 293 g/mol. The molecule has 0 aliphatic rings. The molecule has 0 aliphatic heterocycles. The van der Waals surface area contributed by atoms with Crippen LogP contribution in [0.3, 0.4) is 0 Å². The number of anilines is 1. The van der Waals surface area contributed by atoms with E-state index in [4.69, 9.17) is 5.11 Å². The van der Waals surface area contributed by atoms with Gasteiger partial charge < -0.3 is 10.4 Å². The van der Waals surface area contributed by atoms with Crippen molar-refractivity contribution in [1.82, 2.24) is 4.98 Å². The fourth-order valence-corrected chi connectivity index (χ4v) is 1.91. The van der Waals surface area contributed by atoms with Crippen molar-refractivity contribution < 1.29 is 23.1 Å². The summed E-state index contributed by atoms with van der Waals surface area (Å²) >= 11 is 1.52. The maximum Gasteiger partial charge on any atom is 0.433 e. The molecule has 1 aromatic rings. The number of halogens is 3. The summed E-state index contributed by atoms with van der Waals surface area (Å²) in [5.74, 6) is -0.286. The van der Waals surface area contributed by atoms with Gasteiger partial charge in [0, 0.05) is 18.1 Å². The number of hydrogen-bond acceptors (Lipinski definition) is 4. The minimum absolute atomic E-state index is 0.272. The molecule has 0 unspecified atom stereocenters. The number of hydrogen-bond donors (Lipinski definition) is 2. The summed E-state index contributed by atoms with van der Waals surface area (Å²) in [5.41, 5.74) is -1.41. The summed E-state index contributed by atoms with van der Waals surface area (Å²) in [5, 5.41) is 11.5. The van der Waals surface area contributed by atoms with Gasteiger partial charge in [-0.05, 0) is 12.1 Å². The second-order valence-electron chi connectivity index (χ2n) is 3.69. The molecule has 1 rings (SSSR count). The van der Waals surface area contributed by atoms with Crippen LogP contribution in [0.25, 0.3) is 0 Å². The topological polar surface area (TPSA) is 62.2 Å². The summed E-state index contributed by atoms with van der Waals surface area (Å²) in [7, 11) is 0. The van der Waals surface area contributed by atoms with Gasteiger partial charge in [-0.1, -0.05) is 6.08 Å². The SMILES string of the molecule is C=CCSCCNc1nc(C(F)(F)F)ccc1C(=O)O. The lowest BCUT2D eigenvalue weighted by Crippen LogP contribution is -2.15. The van der Waals surface area contributed by atoms with Gasteiger partial charge in [0.2, 0.25) is 0 Å². The highest BCUT2D eigenvalue weighted by Gasteiger charge is 2.33. The number of aromatic nitrogens is 1. The van der Waals surface area contributed by atoms with Crippen molar-refractivity contribution in [3.63, 3.8) is 0 Å². The number of nitrogens with zero attached hydrogens (tertiary/aromatic N) is 1. The third kappa shape index (κ3) is 4.76. The van der Waals surface area contributed by atoms with Crippen molar-refractivity contribution in [3.05, 3.63) is 36.0 Å². The molecule has 0 fully saturated rings.